The van der Waals surface area contributed by atoms with E-state index >= 15 is 0 Å². The summed E-state index contributed by atoms with van der Waals surface area (Å²) in [6.07, 6.45) is 2.37. The maximum absolute atomic E-state index is 5.60. The molecule has 1 aromatic carbocycles. The first-order chi connectivity index (χ1) is 9.90. The molecular formula is C15H19ClN2O3. The van der Waals surface area contributed by atoms with Crippen molar-refractivity contribution in [3.05, 3.63) is 42.2 Å². The lowest BCUT2D eigenvalue weighted by atomic mass is 10.2. The van der Waals surface area contributed by atoms with Gasteiger partial charge in [-0.2, -0.15) is 0 Å². The Balaban J connectivity index is 0.00000161. The van der Waals surface area contributed by atoms with Crippen molar-refractivity contribution in [2.75, 3.05) is 13.2 Å². The number of hydrogen-bond acceptors (Lipinski definition) is 5. The van der Waals surface area contributed by atoms with Crippen LogP contribution >= 0.6 is 12.4 Å². The lowest BCUT2D eigenvalue weighted by Crippen LogP contribution is -2.28. The number of rotatable bonds is 6. The lowest BCUT2D eigenvalue weighted by molar-refractivity contribution is 0.230. The smallest absolute Gasteiger partial charge is 0.254 e. The van der Waals surface area contributed by atoms with E-state index in [4.69, 9.17) is 14.0 Å². The first kappa shape index (κ1) is 15.7. The summed E-state index contributed by atoms with van der Waals surface area (Å²) in [5, 5.41) is 7.26. The minimum absolute atomic E-state index is 0. The molecular weight excluding hydrogens is 292 g/mol. The van der Waals surface area contributed by atoms with E-state index in [0.29, 0.717) is 30.9 Å². The summed E-state index contributed by atoms with van der Waals surface area (Å²) in [5.74, 6) is 1.98. The Morgan fingerprint density at radius 1 is 1.24 bits per heavy atom. The standard InChI is InChI=1S/C15H18N2O3.ClH/c1-2-6-13(7-3-1)18-11-14-9-15(17-20-14)19-10-12-5-4-8-16-12;/h1-3,6-7,9,12,16H,4-5,8,10-11H2;1H/t12-;/m1./s1. The number of ether oxygens (including phenoxy) is 2. The first-order valence-corrected chi connectivity index (χ1v) is 6.90. The van der Waals surface area contributed by atoms with Crippen LogP contribution in [0.25, 0.3) is 0 Å². The zero-order valence-corrected chi connectivity index (χ0v) is 12.5. The number of benzene rings is 1. The average Bonchev–Trinajstić information content (AvgIpc) is 3.16. The van der Waals surface area contributed by atoms with Gasteiger partial charge in [-0.3, -0.25) is 0 Å². The molecule has 3 rings (SSSR count). The number of hydrogen-bond donors (Lipinski definition) is 1. The number of nitrogens with one attached hydrogen (secondary N) is 1. The Morgan fingerprint density at radius 2 is 2.10 bits per heavy atom. The lowest BCUT2D eigenvalue weighted by Gasteiger charge is -2.08. The minimum Gasteiger partial charge on any atom is -0.486 e. The molecule has 6 heteroatoms. The Hall–Kier alpha value is -1.72. The molecule has 0 radical (unpaired) electrons. The van der Waals surface area contributed by atoms with Gasteiger partial charge in [-0.15, -0.1) is 12.4 Å². The van der Waals surface area contributed by atoms with Crippen molar-refractivity contribution in [3.63, 3.8) is 0 Å². The maximum atomic E-state index is 5.60. The van der Waals surface area contributed by atoms with Gasteiger partial charge < -0.3 is 19.3 Å². The molecule has 1 N–H and O–H groups in total. The number of nitrogens with zero attached hydrogens (tertiary/aromatic N) is 1. The van der Waals surface area contributed by atoms with Crippen LogP contribution in [-0.2, 0) is 6.61 Å². The van der Waals surface area contributed by atoms with Gasteiger partial charge in [0.05, 0.1) is 0 Å². The Morgan fingerprint density at radius 3 is 2.86 bits per heavy atom. The van der Waals surface area contributed by atoms with Crippen LogP contribution in [-0.4, -0.2) is 24.4 Å². The molecule has 2 heterocycles. The van der Waals surface area contributed by atoms with E-state index in [2.05, 4.69) is 10.5 Å². The number of para-hydroxylation sites is 1. The van der Waals surface area contributed by atoms with Crippen molar-refractivity contribution in [1.82, 2.24) is 10.5 Å². The third kappa shape index (κ3) is 4.65. The second kappa shape index (κ2) is 7.90. The molecule has 1 atom stereocenters. The molecule has 0 amide bonds. The van der Waals surface area contributed by atoms with Crippen molar-refractivity contribution < 1.29 is 14.0 Å². The number of halogens is 1. The highest BCUT2D eigenvalue weighted by molar-refractivity contribution is 5.85. The normalized spacial score (nSPS) is 17.2. The highest BCUT2D eigenvalue weighted by Crippen LogP contribution is 2.16. The Bertz CT molecular complexity index is 527. The molecule has 0 bridgehead atoms. The van der Waals surface area contributed by atoms with E-state index in [1.54, 1.807) is 6.07 Å². The van der Waals surface area contributed by atoms with Gasteiger partial charge in [-0.25, -0.2) is 0 Å². The predicted molar refractivity (Wildman–Crippen MR) is 81.0 cm³/mol. The van der Waals surface area contributed by atoms with Crippen molar-refractivity contribution in [2.45, 2.75) is 25.5 Å². The third-order valence-electron chi connectivity index (χ3n) is 3.26. The predicted octanol–water partition coefficient (Wildman–Crippen LogP) is 2.81. The highest BCUT2D eigenvalue weighted by atomic mass is 35.5. The van der Waals surface area contributed by atoms with Crippen LogP contribution < -0.4 is 14.8 Å². The molecule has 0 aliphatic carbocycles. The molecule has 21 heavy (non-hydrogen) atoms. The van der Waals surface area contributed by atoms with Gasteiger partial charge in [0.1, 0.15) is 19.0 Å². The molecule has 0 spiro atoms. The molecule has 114 valence electrons. The minimum atomic E-state index is 0. The molecule has 0 unspecified atom stereocenters. The van der Waals surface area contributed by atoms with Crippen molar-refractivity contribution >= 4 is 12.4 Å². The fraction of sp³-hybridized carbons (Fsp3) is 0.400. The summed E-state index contributed by atoms with van der Waals surface area (Å²) in [5.41, 5.74) is 0. The molecule has 0 saturated carbocycles. The second-order valence-electron chi connectivity index (χ2n) is 4.84. The number of aromatic nitrogens is 1. The highest BCUT2D eigenvalue weighted by Gasteiger charge is 2.15. The fourth-order valence-corrected chi connectivity index (χ4v) is 2.19. The molecule has 2 aromatic rings. The van der Waals surface area contributed by atoms with Crippen molar-refractivity contribution in [1.29, 1.82) is 0 Å². The molecule has 1 fully saturated rings. The van der Waals surface area contributed by atoms with Crippen molar-refractivity contribution in [3.8, 4) is 11.6 Å². The zero-order chi connectivity index (χ0) is 13.6. The van der Waals surface area contributed by atoms with Crippen LogP contribution in [0.1, 0.15) is 18.6 Å². The van der Waals surface area contributed by atoms with Gasteiger partial charge in [0.2, 0.25) is 0 Å². The third-order valence-corrected chi connectivity index (χ3v) is 3.26. The molecule has 5 nitrogen and oxygen atoms in total. The topological polar surface area (TPSA) is 56.5 Å². The van der Waals surface area contributed by atoms with Crippen LogP contribution in [0.15, 0.2) is 40.9 Å². The Kier molecular flexibility index (Phi) is 5.90. The molecule has 1 aromatic heterocycles. The van der Waals surface area contributed by atoms with E-state index in [0.717, 1.165) is 18.7 Å². The summed E-state index contributed by atoms with van der Waals surface area (Å²) >= 11 is 0. The SMILES string of the molecule is Cl.c1ccc(OCc2cc(OC[C@H]3CCCN3)no2)cc1. The van der Waals surface area contributed by atoms with Gasteiger partial charge in [-0.1, -0.05) is 18.2 Å². The van der Waals surface area contributed by atoms with Crippen LogP contribution in [0.4, 0.5) is 0 Å². The fourth-order valence-electron chi connectivity index (χ4n) is 2.19. The van der Waals surface area contributed by atoms with E-state index in [1.807, 2.05) is 30.3 Å². The van der Waals surface area contributed by atoms with Gasteiger partial charge >= 0.3 is 0 Å². The van der Waals surface area contributed by atoms with E-state index in [9.17, 15) is 0 Å². The van der Waals surface area contributed by atoms with Crippen LogP contribution in [0.2, 0.25) is 0 Å². The molecule has 1 aliphatic heterocycles. The summed E-state index contributed by atoms with van der Waals surface area (Å²) in [4.78, 5) is 0. The summed E-state index contributed by atoms with van der Waals surface area (Å²) in [6, 6.07) is 11.8. The quantitative estimate of drug-likeness (QED) is 0.889. The zero-order valence-electron chi connectivity index (χ0n) is 11.7. The second-order valence-corrected chi connectivity index (χ2v) is 4.84. The van der Waals surface area contributed by atoms with E-state index in [-0.39, 0.29) is 12.4 Å². The van der Waals surface area contributed by atoms with E-state index in [1.165, 1.54) is 6.42 Å². The van der Waals surface area contributed by atoms with Gasteiger partial charge in [0.15, 0.2) is 5.76 Å². The average molecular weight is 311 g/mol. The van der Waals surface area contributed by atoms with Gasteiger partial charge in [0.25, 0.3) is 5.88 Å². The van der Waals surface area contributed by atoms with E-state index < -0.39 is 0 Å². The summed E-state index contributed by atoms with van der Waals surface area (Å²) < 4.78 is 16.4. The first-order valence-electron chi connectivity index (χ1n) is 6.90. The van der Waals surface area contributed by atoms with Crippen LogP contribution in [0.5, 0.6) is 11.6 Å². The van der Waals surface area contributed by atoms with Gasteiger partial charge in [-0.05, 0) is 36.7 Å². The van der Waals surface area contributed by atoms with Crippen LogP contribution in [0.3, 0.4) is 0 Å². The molecule has 1 saturated heterocycles. The van der Waals surface area contributed by atoms with Gasteiger partial charge in [0, 0.05) is 12.1 Å². The summed E-state index contributed by atoms with van der Waals surface area (Å²) in [7, 11) is 0. The van der Waals surface area contributed by atoms with Crippen LogP contribution in [0, 0.1) is 0 Å². The monoisotopic (exact) mass is 310 g/mol. The summed E-state index contributed by atoms with van der Waals surface area (Å²) in [6.45, 7) is 2.05. The largest absolute Gasteiger partial charge is 0.486 e. The van der Waals surface area contributed by atoms with Crippen molar-refractivity contribution in [2.24, 2.45) is 0 Å². The Labute approximate surface area is 130 Å². The molecule has 1 aliphatic rings. The maximum Gasteiger partial charge on any atom is 0.254 e.